The molecule has 142 valence electrons. The van der Waals surface area contributed by atoms with E-state index in [2.05, 4.69) is 31.1 Å². The second kappa shape index (κ2) is 6.71. The molecule has 1 atom stereocenters. The Bertz CT molecular complexity index is 932. The highest BCUT2D eigenvalue weighted by molar-refractivity contribution is 7.99. The molecule has 2 aromatic rings. The topological polar surface area (TPSA) is 69.0 Å². The molecule has 4 rings (SSSR count). The van der Waals surface area contributed by atoms with Crippen LogP contribution in [0.1, 0.15) is 45.2 Å². The van der Waals surface area contributed by atoms with Gasteiger partial charge in [-0.25, -0.2) is 4.68 Å². The van der Waals surface area contributed by atoms with E-state index in [4.69, 9.17) is 9.84 Å². The molecular formula is C20H24N4O2S. The van der Waals surface area contributed by atoms with Gasteiger partial charge in [0.25, 0.3) is 0 Å². The highest BCUT2D eigenvalue weighted by Gasteiger charge is 2.41. The number of hydrogen-bond acceptors (Lipinski definition) is 6. The predicted octanol–water partition coefficient (Wildman–Crippen LogP) is 4.06. The molecule has 0 unspecified atom stereocenters. The van der Waals surface area contributed by atoms with E-state index in [1.807, 2.05) is 28.9 Å². The molecule has 2 aliphatic rings. The number of allylic oxidation sites excluding steroid dienone is 2. The fraction of sp³-hybridized carbons (Fsp3) is 0.450. The third-order valence-electron chi connectivity index (χ3n) is 5.00. The normalized spacial score (nSPS) is 20.7. The van der Waals surface area contributed by atoms with Crippen molar-refractivity contribution in [3.63, 3.8) is 0 Å². The Morgan fingerprint density at radius 3 is 2.93 bits per heavy atom. The summed E-state index contributed by atoms with van der Waals surface area (Å²) in [5.74, 6) is 2.53. The zero-order valence-electron chi connectivity index (χ0n) is 16.1. The van der Waals surface area contributed by atoms with Crippen LogP contribution < -0.4 is 10.1 Å². The van der Waals surface area contributed by atoms with Crippen molar-refractivity contribution in [2.75, 3.05) is 18.2 Å². The Hall–Kier alpha value is -2.28. The minimum Gasteiger partial charge on any atom is -0.497 e. The summed E-state index contributed by atoms with van der Waals surface area (Å²) < 4.78 is 7.26. The van der Waals surface area contributed by atoms with Crippen molar-refractivity contribution in [2.45, 2.75) is 44.8 Å². The Morgan fingerprint density at radius 2 is 2.19 bits per heavy atom. The van der Waals surface area contributed by atoms with Crippen LogP contribution in [0.25, 0.3) is 0 Å². The average molecular weight is 385 g/mol. The molecule has 27 heavy (non-hydrogen) atoms. The summed E-state index contributed by atoms with van der Waals surface area (Å²) >= 11 is 1.60. The van der Waals surface area contributed by atoms with Gasteiger partial charge in [-0.05, 0) is 35.3 Å². The molecule has 0 spiro atoms. The second-order valence-corrected chi connectivity index (χ2v) is 8.96. The Kier molecular flexibility index (Phi) is 4.50. The van der Waals surface area contributed by atoms with Crippen molar-refractivity contribution in [3.8, 4) is 5.75 Å². The zero-order chi connectivity index (χ0) is 19.2. The number of ketones is 1. The summed E-state index contributed by atoms with van der Waals surface area (Å²) in [6, 6.07) is 7.58. The van der Waals surface area contributed by atoms with Crippen molar-refractivity contribution in [1.82, 2.24) is 14.8 Å². The van der Waals surface area contributed by atoms with Crippen LogP contribution in [0.2, 0.25) is 0 Å². The molecular weight excluding hydrogens is 360 g/mol. The summed E-state index contributed by atoms with van der Waals surface area (Å²) in [5, 5.41) is 8.81. The summed E-state index contributed by atoms with van der Waals surface area (Å²) in [4.78, 5) is 17.8. The van der Waals surface area contributed by atoms with Gasteiger partial charge < -0.3 is 10.1 Å². The van der Waals surface area contributed by atoms with E-state index in [9.17, 15) is 4.79 Å². The van der Waals surface area contributed by atoms with E-state index in [0.29, 0.717) is 12.4 Å². The fourth-order valence-corrected chi connectivity index (χ4v) is 4.45. The number of carbonyl (C=O) groups excluding carboxylic acids is 1. The summed E-state index contributed by atoms with van der Waals surface area (Å²) in [7, 11) is 1.65. The van der Waals surface area contributed by atoms with Crippen LogP contribution in [-0.4, -0.2) is 33.4 Å². The first-order chi connectivity index (χ1) is 12.9. The minimum absolute atomic E-state index is 0.0644. The molecule has 1 aliphatic carbocycles. The van der Waals surface area contributed by atoms with Gasteiger partial charge in [0, 0.05) is 17.7 Å². The standard InChI is InChI=1S/C20H24N4O2S/c1-5-27-19-22-18-21-14-10-20(2,3)11-15(25)16(14)17(24(18)23-19)12-7-6-8-13(9-12)26-4/h6-9,17H,5,10-11H2,1-4H3,(H,21,22,23)/t17-/m1/s1. The van der Waals surface area contributed by atoms with E-state index in [1.54, 1.807) is 18.9 Å². The van der Waals surface area contributed by atoms with Crippen molar-refractivity contribution in [2.24, 2.45) is 5.41 Å². The highest BCUT2D eigenvalue weighted by Crippen LogP contribution is 2.45. The number of benzene rings is 1. The molecule has 1 aliphatic heterocycles. The average Bonchev–Trinajstić information content (AvgIpc) is 3.01. The smallest absolute Gasteiger partial charge is 0.227 e. The van der Waals surface area contributed by atoms with Crippen LogP contribution in [0.15, 0.2) is 40.7 Å². The lowest BCUT2D eigenvalue weighted by molar-refractivity contribution is -0.118. The molecule has 0 radical (unpaired) electrons. The third-order valence-corrected chi connectivity index (χ3v) is 5.72. The number of fused-ring (bicyclic) bond motifs is 1. The van der Waals surface area contributed by atoms with E-state index >= 15 is 0 Å². The van der Waals surface area contributed by atoms with Crippen molar-refractivity contribution in [1.29, 1.82) is 0 Å². The van der Waals surface area contributed by atoms with Gasteiger partial charge >= 0.3 is 0 Å². The highest BCUT2D eigenvalue weighted by atomic mass is 32.2. The molecule has 7 heteroatoms. The van der Waals surface area contributed by atoms with Gasteiger partial charge in [0.05, 0.1) is 7.11 Å². The summed E-state index contributed by atoms with van der Waals surface area (Å²) in [5.41, 5.74) is 2.69. The molecule has 6 nitrogen and oxygen atoms in total. The lowest BCUT2D eigenvalue weighted by Crippen LogP contribution is -2.36. The maximum absolute atomic E-state index is 13.1. The molecule has 1 aromatic heterocycles. The quantitative estimate of drug-likeness (QED) is 0.802. The monoisotopic (exact) mass is 384 g/mol. The molecule has 0 amide bonds. The molecule has 0 bridgehead atoms. The van der Waals surface area contributed by atoms with Crippen LogP contribution in [0, 0.1) is 5.41 Å². The summed E-state index contributed by atoms with van der Waals surface area (Å²) in [6.45, 7) is 6.34. The van der Waals surface area contributed by atoms with Crippen LogP contribution >= 0.6 is 11.8 Å². The molecule has 0 saturated carbocycles. The lowest BCUT2D eigenvalue weighted by Gasteiger charge is -2.38. The van der Waals surface area contributed by atoms with Gasteiger partial charge in [0.15, 0.2) is 5.78 Å². The van der Waals surface area contributed by atoms with Gasteiger partial charge in [-0.15, -0.1) is 5.10 Å². The maximum atomic E-state index is 13.1. The molecule has 0 saturated heterocycles. The van der Waals surface area contributed by atoms with Crippen LogP contribution in [-0.2, 0) is 4.79 Å². The fourth-order valence-electron chi connectivity index (χ4n) is 3.90. The van der Waals surface area contributed by atoms with E-state index in [0.717, 1.165) is 39.9 Å². The van der Waals surface area contributed by atoms with Crippen LogP contribution in [0.4, 0.5) is 5.95 Å². The number of ether oxygens (including phenoxy) is 1. The van der Waals surface area contributed by atoms with E-state index in [1.165, 1.54) is 0 Å². The van der Waals surface area contributed by atoms with Gasteiger partial charge in [-0.3, -0.25) is 4.79 Å². The van der Waals surface area contributed by atoms with Gasteiger partial charge in [0.2, 0.25) is 11.1 Å². The number of nitrogens with one attached hydrogen (secondary N) is 1. The first-order valence-electron chi connectivity index (χ1n) is 9.18. The number of anilines is 1. The maximum Gasteiger partial charge on any atom is 0.227 e. The number of nitrogens with zero attached hydrogens (tertiary/aromatic N) is 3. The lowest BCUT2D eigenvalue weighted by atomic mass is 9.73. The number of hydrogen-bond donors (Lipinski definition) is 1. The number of carbonyl (C=O) groups is 1. The van der Waals surface area contributed by atoms with Gasteiger partial charge in [0.1, 0.15) is 11.8 Å². The zero-order valence-corrected chi connectivity index (χ0v) is 16.9. The Labute approximate surface area is 163 Å². The summed E-state index contributed by atoms with van der Waals surface area (Å²) in [6.07, 6.45) is 1.35. The number of thioether (sulfide) groups is 1. The predicted molar refractivity (Wildman–Crippen MR) is 106 cm³/mol. The number of aromatic nitrogens is 3. The molecule has 2 heterocycles. The van der Waals surface area contributed by atoms with Crippen molar-refractivity contribution < 1.29 is 9.53 Å². The largest absolute Gasteiger partial charge is 0.497 e. The molecule has 0 fully saturated rings. The molecule has 1 N–H and O–H groups in total. The van der Waals surface area contributed by atoms with Crippen LogP contribution in [0.5, 0.6) is 5.75 Å². The minimum atomic E-state index is -0.284. The number of rotatable bonds is 4. The van der Waals surface area contributed by atoms with Gasteiger partial charge in [-0.1, -0.05) is 44.7 Å². The molecule has 1 aromatic carbocycles. The Balaban J connectivity index is 1.88. The van der Waals surface area contributed by atoms with Gasteiger partial charge in [-0.2, -0.15) is 4.98 Å². The second-order valence-electron chi connectivity index (χ2n) is 7.73. The number of methoxy groups -OCH3 is 1. The van der Waals surface area contributed by atoms with Crippen molar-refractivity contribution in [3.05, 3.63) is 41.1 Å². The third kappa shape index (κ3) is 3.25. The SMILES string of the molecule is CCSc1nc2n(n1)[C@H](c1cccc(OC)c1)C1=C(CC(C)(C)CC1=O)N2. The Morgan fingerprint density at radius 1 is 1.37 bits per heavy atom. The van der Waals surface area contributed by atoms with E-state index in [-0.39, 0.29) is 17.2 Å². The van der Waals surface area contributed by atoms with Crippen molar-refractivity contribution >= 4 is 23.5 Å². The first-order valence-corrected chi connectivity index (χ1v) is 10.2. The van der Waals surface area contributed by atoms with Crippen LogP contribution in [0.3, 0.4) is 0 Å². The first kappa shape index (κ1) is 18.1. The number of Topliss-reactive ketones (excluding diaryl/α,β-unsaturated/α-hetero) is 1. The van der Waals surface area contributed by atoms with E-state index < -0.39 is 0 Å².